The zero-order valence-corrected chi connectivity index (χ0v) is 13.7. The third kappa shape index (κ3) is 4.33. The van der Waals surface area contributed by atoms with E-state index in [1.807, 2.05) is 30.3 Å². The summed E-state index contributed by atoms with van der Waals surface area (Å²) in [7, 11) is 1.41. The van der Waals surface area contributed by atoms with Gasteiger partial charge in [0.05, 0.1) is 13.5 Å². The predicted molar refractivity (Wildman–Crippen MR) is 88.4 cm³/mol. The average molecular weight is 348 g/mol. The lowest BCUT2D eigenvalue weighted by Gasteiger charge is -2.12. The van der Waals surface area contributed by atoms with Gasteiger partial charge in [-0.15, -0.1) is 0 Å². The Balaban J connectivity index is 2.11. The second kappa shape index (κ2) is 7.27. The van der Waals surface area contributed by atoms with Crippen molar-refractivity contribution in [2.24, 2.45) is 0 Å². The number of halogens is 1. The molecule has 0 radical (unpaired) electrons. The summed E-state index contributed by atoms with van der Waals surface area (Å²) in [4.78, 5) is 11.4. The molecule has 0 bridgehead atoms. The molecule has 2 aromatic rings. The van der Waals surface area contributed by atoms with Crippen molar-refractivity contribution in [1.82, 2.24) is 0 Å². The summed E-state index contributed by atoms with van der Waals surface area (Å²) < 4.78 is 5.77. The van der Waals surface area contributed by atoms with Crippen LogP contribution in [0.3, 0.4) is 0 Å². The Bertz CT molecular complexity index is 640. The standard InChI is InChI=1S/C17H18BrNO2/c1-12-7-8-16(15(18)9-12)19-11-14-6-4-3-5-13(14)10-17(20)21-2/h3-9,19H,10-11H2,1-2H3. The molecular formula is C17H18BrNO2. The fraction of sp³-hybridized carbons (Fsp3) is 0.235. The number of anilines is 1. The monoisotopic (exact) mass is 347 g/mol. The first-order valence-electron chi connectivity index (χ1n) is 6.74. The summed E-state index contributed by atoms with van der Waals surface area (Å²) in [5.74, 6) is -0.223. The van der Waals surface area contributed by atoms with Crippen LogP contribution in [0.25, 0.3) is 0 Å². The number of nitrogens with one attached hydrogen (secondary N) is 1. The van der Waals surface area contributed by atoms with Crippen LogP contribution in [0.2, 0.25) is 0 Å². The van der Waals surface area contributed by atoms with Crippen molar-refractivity contribution in [2.75, 3.05) is 12.4 Å². The Labute approximate surface area is 133 Å². The molecule has 0 saturated heterocycles. The SMILES string of the molecule is COC(=O)Cc1ccccc1CNc1ccc(C)cc1Br. The van der Waals surface area contributed by atoms with Gasteiger partial charge >= 0.3 is 5.97 Å². The number of methoxy groups -OCH3 is 1. The van der Waals surface area contributed by atoms with Crippen molar-refractivity contribution in [3.8, 4) is 0 Å². The topological polar surface area (TPSA) is 38.3 Å². The van der Waals surface area contributed by atoms with E-state index in [9.17, 15) is 4.79 Å². The molecule has 1 N–H and O–H groups in total. The summed E-state index contributed by atoms with van der Waals surface area (Å²) in [5.41, 5.74) is 4.32. The highest BCUT2D eigenvalue weighted by Crippen LogP contribution is 2.24. The number of ether oxygens (including phenoxy) is 1. The van der Waals surface area contributed by atoms with Crippen molar-refractivity contribution in [3.63, 3.8) is 0 Å². The summed E-state index contributed by atoms with van der Waals surface area (Å²) in [6.07, 6.45) is 0.295. The predicted octanol–water partition coefficient (Wildman–Crippen LogP) is 4.09. The minimum atomic E-state index is -0.223. The molecule has 0 amide bonds. The van der Waals surface area contributed by atoms with E-state index in [0.29, 0.717) is 13.0 Å². The lowest BCUT2D eigenvalue weighted by Crippen LogP contribution is -2.09. The molecule has 0 unspecified atom stereocenters. The maximum atomic E-state index is 11.4. The lowest BCUT2D eigenvalue weighted by molar-refractivity contribution is -0.139. The highest BCUT2D eigenvalue weighted by atomic mass is 79.9. The first-order valence-corrected chi connectivity index (χ1v) is 7.53. The quantitative estimate of drug-likeness (QED) is 0.828. The zero-order chi connectivity index (χ0) is 15.2. The molecule has 3 nitrogen and oxygen atoms in total. The van der Waals surface area contributed by atoms with E-state index >= 15 is 0 Å². The molecule has 0 spiro atoms. The second-order valence-corrected chi connectivity index (χ2v) is 5.71. The van der Waals surface area contributed by atoms with Crippen molar-refractivity contribution in [1.29, 1.82) is 0 Å². The molecule has 4 heteroatoms. The molecule has 21 heavy (non-hydrogen) atoms. The van der Waals surface area contributed by atoms with E-state index in [1.165, 1.54) is 12.7 Å². The van der Waals surface area contributed by atoms with Crippen LogP contribution in [0.5, 0.6) is 0 Å². The smallest absolute Gasteiger partial charge is 0.309 e. The number of hydrogen-bond donors (Lipinski definition) is 1. The molecule has 0 saturated carbocycles. The van der Waals surface area contributed by atoms with Gasteiger partial charge in [0.2, 0.25) is 0 Å². The van der Waals surface area contributed by atoms with Crippen LogP contribution in [0.15, 0.2) is 46.9 Å². The molecular weight excluding hydrogens is 330 g/mol. The Morgan fingerprint density at radius 3 is 2.57 bits per heavy atom. The molecule has 2 aromatic carbocycles. The summed E-state index contributed by atoms with van der Waals surface area (Å²) >= 11 is 3.55. The fourth-order valence-corrected chi connectivity index (χ4v) is 2.72. The minimum absolute atomic E-state index is 0.223. The van der Waals surface area contributed by atoms with Gasteiger partial charge in [-0.2, -0.15) is 0 Å². The van der Waals surface area contributed by atoms with Crippen LogP contribution in [0, 0.1) is 6.92 Å². The largest absolute Gasteiger partial charge is 0.469 e. The number of carbonyl (C=O) groups is 1. The number of aryl methyl sites for hydroxylation is 1. The Morgan fingerprint density at radius 2 is 1.90 bits per heavy atom. The number of esters is 1. The highest BCUT2D eigenvalue weighted by Gasteiger charge is 2.08. The molecule has 110 valence electrons. The van der Waals surface area contributed by atoms with Gasteiger partial charge < -0.3 is 10.1 Å². The summed E-state index contributed by atoms with van der Waals surface area (Å²) in [5, 5.41) is 3.39. The van der Waals surface area contributed by atoms with Crippen LogP contribution in [0.4, 0.5) is 5.69 Å². The number of rotatable bonds is 5. The van der Waals surface area contributed by atoms with Gasteiger partial charge in [0.1, 0.15) is 0 Å². The highest BCUT2D eigenvalue weighted by molar-refractivity contribution is 9.10. The van der Waals surface area contributed by atoms with E-state index in [4.69, 9.17) is 4.74 Å². The van der Waals surface area contributed by atoms with E-state index in [-0.39, 0.29) is 5.97 Å². The minimum Gasteiger partial charge on any atom is -0.469 e. The zero-order valence-electron chi connectivity index (χ0n) is 12.2. The number of benzene rings is 2. The Hall–Kier alpha value is -1.81. The van der Waals surface area contributed by atoms with E-state index < -0.39 is 0 Å². The lowest BCUT2D eigenvalue weighted by atomic mass is 10.0. The van der Waals surface area contributed by atoms with E-state index in [0.717, 1.165) is 21.3 Å². The molecule has 0 heterocycles. The summed E-state index contributed by atoms with van der Waals surface area (Å²) in [6.45, 7) is 2.72. The normalized spacial score (nSPS) is 10.2. The Kier molecular flexibility index (Phi) is 5.39. The van der Waals surface area contributed by atoms with Crippen molar-refractivity contribution in [2.45, 2.75) is 19.9 Å². The maximum absolute atomic E-state index is 11.4. The maximum Gasteiger partial charge on any atom is 0.309 e. The van der Waals surface area contributed by atoms with Gasteiger partial charge in [-0.25, -0.2) is 0 Å². The van der Waals surface area contributed by atoms with Crippen LogP contribution in [-0.4, -0.2) is 13.1 Å². The molecule has 0 aliphatic carbocycles. The second-order valence-electron chi connectivity index (χ2n) is 4.86. The third-order valence-corrected chi connectivity index (χ3v) is 3.93. The van der Waals surface area contributed by atoms with Gasteiger partial charge in [0, 0.05) is 16.7 Å². The van der Waals surface area contributed by atoms with E-state index in [2.05, 4.69) is 40.3 Å². The molecule has 0 atom stereocenters. The average Bonchev–Trinajstić information content (AvgIpc) is 2.47. The molecule has 2 rings (SSSR count). The number of carbonyl (C=O) groups excluding carboxylic acids is 1. The van der Waals surface area contributed by atoms with Gasteiger partial charge in [-0.05, 0) is 51.7 Å². The molecule has 0 aliphatic rings. The van der Waals surface area contributed by atoms with Crippen molar-refractivity contribution >= 4 is 27.6 Å². The van der Waals surface area contributed by atoms with Crippen LogP contribution in [0.1, 0.15) is 16.7 Å². The summed E-state index contributed by atoms with van der Waals surface area (Å²) in [6, 6.07) is 14.1. The van der Waals surface area contributed by atoms with Gasteiger partial charge in [0.25, 0.3) is 0 Å². The van der Waals surface area contributed by atoms with Crippen LogP contribution >= 0.6 is 15.9 Å². The van der Waals surface area contributed by atoms with Gasteiger partial charge in [-0.1, -0.05) is 30.3 Å². The number of hydrogen-bond acceptors (Lipinski definition) is 3. The fourth-order valence-electron chi connectivity index (χ4n) is 2.08. The molecule has 0 aromatic heterocycles. The van der Waals surface area contributed by atoms with Crippen molar-refractivity contribution in [3.05, 3.63) is 63.6 Å². The van der Waals surface area contributed by atoms with Crippen LogP contribution in [-0.2, 0) is 22.5 Å². The van der Waals surface area contributed by atoms with Gasteiger partial charge in [-0.3, -0.25) is 4.79 Å². The third-order valence-electron chi connectivity index (χ3n) is 3.27. The van der Waals surface area contributed by atoms with Crippen molar-refractivity contribution < 1.29 is 9.53 Å². The van der Waals surface area contributed by atoms with Gasteiger partial charge in [0.15, 0.2) is 0 Å². The first-order chi connectivity index (χ1) is 10.1. The first kappa shape index (κ1) is 15.6. The van der Waals surface area contributed by atoms with Crippen LogP contribution < -0.4 is 5.32 Å². The Morgan fingerprint density at radius 1 is 1.19 bits per heavy atom. The molecule has 0 aliphatic heterocycles. The van der Waals surface area contributed by atoms with E-state index in [1.54, 1.807) is 0 Å². The molecule has 0 fully saturated rings.